The summed E-state index contributed by atoms with van der Waals surface area (Å²) in [5.41, 5.74) is 7.35. The van der Waals surface area contributed by atoms with Crippen LogP contribution < -0.4 is 16.5 Å². The van der Waals surface area contributed by atoms with Gasteiger partial charge in [0.2, 0.25) is 5.43 Å². The summed E-state index contributed by atoms with van der Waals surface area (Å²) in [4.78, 5) is 44.7. The Balaban J connectivity index is 1.70. The predicted octanol–water partition coefficient (Wildman–Crippen LogP) is 3.74. The maximum Gasteiger partial charge on any atom is 0.341 e. The summed E-state index contributed by atoms with van der Waals surface area (Å²) in [6, 6.07) is 9.75. The number of halogens is 1. The van der Waals surface area contributed by atoms with Crippen molar-refractivity contribution in [3.8, 4) is 0 Å². The summed E-state index contributed by atoms with van der Waals surface area (Å²) < 4.78 is 4.99. The number of nitrogens with zero attached hydrogens (tertiary/aromatic N) is 1. The number of benzene rings is 2. The van der Waals surface area contributed by atoms with Gasteiger partial charge in [-0.3, -0.25) is 14.6 Å². The molecule has 31 heavy (non-hydrogen) atoms. The van der Waals surface area contributed by atoms with Crippen molar-refractivity contribution in [1.29, 1.82) is 0 Å². The highest BCUT2D eigenvalue weighted by molar-refractivity contribution is 6.35. The van der Waals surface area contributed by atoms with Gasteiger partial charge < -0.3 is 20.8 Å². The Labute approximate surface area is 181 Å². The van der Waals surface area contributed by atoms with Crippen LogP contribution in [0.15, 0.2) is 53.6 Å². The summed E-state index contributed by atoms with van der Waals surface area (Å²) in [6.45, 7) is 1.90. The molecule has 0 unspecified atom stereocenters. The Hall–Kier alpha value is -3.91. The lowest BCUT2D eigenvalue weighted by Crippen LogP contribution is -2.22. The number of anilines is 2. The molecule has 4 aromatic rings. The second-order valence-electron chi connectivity index (χ2n) is 6.69. The number of rotatable bonds is 4. The average molecular weight is 437 g/mol. The number of ether oxygens (including phenoxy) is 1. The zero-order valence-electron chi connectivity index (χ0n) is 16.4. The standard InChI is InChI=1S/C22H17ClN4O4/c1-2-31-22(30)14-9-25-17-7-6-11(8-13(17)18(14)24)27-21(29)15-10-26-19-12(20(15)28)4-3-5-16(19)23/h3-10H,2H2,1H3,(H2,24,25)(H,26,28)(H,27,29). The fourth-order valence-corrected chi connectivity index (χ4v) is 3.47. The molecule has 0 saturated carbocycles. The van der Waals surface area contributed by atoms with Crippen molar-refractivity contribution < 1.29 is 14.3 Å². The average Bonchev–Trinajstić information content (AvgIpc) is 2.75. The number of hydrogen-bond donors (Lipinski definition) is 3. The number of fused-ring (bicyclic) bond motifs is 2. The van der Waals surface area contributed by atoms with Crippen molar-refractivity contribution in [2.75, 3.05) is 17.7 Å². The number of carbonyl (C=O) groups is 2. The number of nitrogen functional groups attached to an aromatic ring is 1. The Morgan fingerprint density at radius 3 is 2.77 bits per heavy atom. The number of pyridine rings is 2. The maximum absolute atomic E-state index is 12.8. The van der Waals surface area contributed by atoms with E-state index in [-0.39, 0.29) is 23.4 Å². The first kappa shape index (κ1) is 20.4. The molecule has 4 N–H and O–H groups in total. The van der Waals surface area contributed by atoms with E-state index in [1.165, 1.54) is 12.4 Å². The van der Waals surface area contributed by atoms with E-state index in [2.05, 4.69) is 15.3 Å². The Kier molecular flexibility index (Phi) is 5.31. The lowest BCUT2D eigenvalue weighted by molar-refractivity contribution is 0.0527. The van der Waals surface area contributed by atoms with E-state index in [0.29, 0.717) is 32.5 Å². The van der Waals surface area contributed by atoms with Gasteiger partial charge >= 0.3 is 5.97 Å². The van der Waals surface area contributed by atoms with Crippen LogP contribution in [0.3, 0.4) is 0 Å². The van der Waals surface area contributed by atoms with Gasteiger partial charge in [-0.25, -0.2) is 4.79 Å². The number of carbonyl (C=O) groups excluding carboxylic acids is 2. The summed E-state index contributed by atoms with van der Waals surface area (Å²) in [5, 5.41) is 3.85. The molecule has 0 saturated heterocycles. The molecule has 9 heteroatoms. The molecule has 2 aromatic heterocycles. The zero-order chi connectivity index (χ0) is 22.1. The van der Waals surface area contributed by atoms with Gasteiger partial charge in [0.05, 0.1) is 28.4 Å². The topological polar surface area (TPSA) is 127 Å². The molecule has 1 amide bonds. The van der Waals surface area contributed by atoms with Gasteiger partial charge in [0.1, 0.15) is 11.1 Å². The third-order valence-electron chi connectivity index (χ3n) is 4.77. The largest absolute Gasteiger partial charge is 0.462 e. The molecule has 2 heterocycles. The van der Waals surface area contributed by atoms with Crippen molar-refractivity contribution in [3.63, 3.8) is 0 Å². The molecule has 0 bridgehead atoms. The number of aromatic amines is 1. The molecular formula is C22H17ClN4O4. The Morgan fingerprint density at radius 1 is 1.19 bits per heavy atom. The molecule has 8 nitrogen and oxygen atoms in total. The maximum atomic E-state index is 12.8. The molecule has 4 rings (SSSR count). The summed E-state index contributed by atoms with van der Waals surface area (Å²) in [7, 11) is 0. The Bertz CT molecular complexity index is 1410. The smallest absolute Gasteiger partial charge is 0.341 e. The first-order valence-corrected chi connectivity index (χ1v) is 9.75. The highest BCUT2D eigenvalue weighted by Gasteiger charge is 2.17. The Morgan fingerprint density at radius 2 is 2.00 bits per heavy atom. The minimum absolute atomic E-state index is 0.0683. The fourth-order valence-electron chi connectivity index (χ4n) is 3.24. The van der Waals surface area contributed by atoms with Crippen molar-refractivity contribution >= 4 is 56.7 Å². The predicted molar refractivity (Wildman–Crippen MR) is 120 cm³/mol. The van der Waals surface area contributed by atoms with Crippen LogP contribution in [-0.2, 0) is 4.74 Å². The zero-order valence-corrected chi connectivity index (χ0v) is 17.1. The quantitative estimate of drug-likeness (QED) is 0.418. The second kappa shape index (κ2) is 8.08. The first-order valence-electron chi connectivity index (χ1n) is 9.37. The van der Waals surface area contributed by atoms with Crippen LogP contribution >= 0.6 is 11.6 Å². The van der Waals surface area contributed by atoms with Crippen LogP contribution in [0.4, 0.5) is 11.4 Å². The van der Waals surface area contributed by atoms with Crippen LogP contribution in [0.2, 0.25) is 5.02 Å². The second-order valence-corrected chi connectivity index (χ2v) is 7.09. The van der Waals surface area contributed by atoms with E-state index in [1.807, 2.05) is 0 Å². The molecule has 0 aliphatic rings. The van der Waals surface area contributed by atoms with Crippen LogP contribution in [0.5, 0.6) is 0 Å². The number of para-hydroxylation sites is 1. The molecule has 156 valence electrons. The van der Waals surface area contributed by atoms with Gasteiger partial charge in [-0.15, -0.1) is 0 Å². The number of H-pyrrole nitrogens is 1. The molecule has 0 spiro atoms. The van der Waals surface area contributed by atoms with Crippen LogP contribution in [0.25, 0.3) is 21.8 Å². The molecule has 0 aliphatic carbocycles. The van der Waals surface area contributed by atoms with E-state index in [9.17, 15) is 14.4 Å². The minimum atomic E-state index is -0.601. The minimum Gasteiger partial charge on any atom is -0.462 e. The van der Waals surface area contributed by atoms with E-state index in [1.54, 1.807) is 43.3 Å². The van der Waals surface area contributed by atoms with Gasteiger partial charge in [0, 0.05) is 28.9 Å². The molecule has 0 fully saturated rings. The summed E-state index contributed by atoms with van der Waals surface area (Å²) in [5.74, 6) is -1.18. The van der Waals surface area contributed by atoms with Crippen molar-refractivity contribution in [3.05, 3.63) is 75.2 Å². The van der Waals surface area contributed by atoms with Crippen molar-refractivity contribution in [1.82, 2.24) is 9.97 Å². The lowest BCUT2D eigenvalue weighted by Gasteiger charge is -2.10. The fraction of sp³-hybridized carbons (Fsp3) is 0.0909. The third kappa shape index (κ3) is 3.69. The van der Waals surface area contributed by atoms with Crippen LogP contribution in [0, 0.1) is 0 Å². The van der Waals surface area contributed by atoms with Gasteiger partial charge in [-0.05, 0) is 37.3 Å². The molecule has 0 atom stereocenters. The van der Waals surface area contributed by atoms with Gasteiger partial charge in [0.15, 0.2) is 0 Å². The monoisotopic (exact) mass is 436 g/mol. The number of nitrogens with one attached hydrogen (secondary N) is 2. The van der Waals surface area contributed by atoms with E-state index in [0.717, 1.165) is 0 Å². The number of amides is 1. The molecule has 2 aromatic carbocycles. The van der Waals surface area contributed by atoms with Gasteiger partial charge in [-0.2, -0.15) is 0 Å². The van der Waals surface area contributed by atoms with E-state index in [4.69, 9.17) is 22.1 Å². The van der Waals surface area contributed by atoms with Crippen LogP contribution in [-0.4, -0.2) is 28.5 Å². The molecular weight excluding hydrogens is 420 g/mol. The number of aromatic nitrogens is 2. The number of nitrogens with two attached hydrogens (primary N) is 1. The van der Waals surface area contributed by atoms with Gasteiger partial charge in [0.25, 0.3) is 5.91 Å². The lowest BCUT2D eigenvalue weighted by atomic mass is 10.1. The number of hydrogen-bond acceptors (Lipinski definition) is 6. The molecule has 0 aliphatic heterocycles. The summed E-state index contributed by atoms with van der Waals surface area (Å²) >= 11 is 6.09. The summed E-state index contributed by atoms with van der Waals surface area (Å²) in [6.07, 6.45) is 2.68. The highest BCUT2D eigenvalue weighted by atomic mass is 35.5. The third-order valence-corrected chi connectivity index (χ3v) is 5.09. The van der Waals surface area contributed by atoms with E-state index >= 15 is 0 Å². The van der Waals surface area contributed by atoms with E-state index < -0.39 is 17.3 Å². The molecule has 0 radical (unpaired) electrons. The van der Waals surface area contributed by atoms with Crippen molar-refractivity contribution in [2.24, 2.45) is 0 Å². The highest BCUT2D eigenvalue weighted by Crippen LogP contribution is 2.27. The van der Waals surface area contributed by atoms with Crippen molar-refractivity contribution in [2.45, 2.75) is 6.92 Å². The first-order chi connectivity index (χ1) is 14.9. The number of esters is 1. The normalized spacial score (nSPS) is 10.9. The van der Waals surface area contributed by atoms with Gasteiger partial charge in [-0.1, -0.05) is 17.7 Å². The van der Waals surface area contributed by atoms with Crippen LogP contribution in [0.1, 0.15) is 27.6 Å². The SMILES string of the molecule is CCOC(=O)c1cnc2ccc(NC(=O)c3c[nH]c4c(Cl)cccc4c3=O)cc2c1N.